The van der Waals surface area contributed by atoms with E-state index in [0.29, 0.717) is 6.42 Å². The molecule has 0 spiro atoms. The molecule has 6 heteroatoms. The van der Waals surface area contributed by atoms with Crippen LogP contribution in [-0.2, 0) is 14.3 Å². The van der Waals surface area contributed by atoms with Gasteiger partial charge in [0.1, 0.15) is 0 Å². The molecule has 6 rings (SSSR count). The quantitative estimate of drug-likeness (QED) is 0.119. The molecular formula is C49H50N2O4. The molecule has 6 aromatic rings. The monoisotopic (exact) mass is 730 g/mol. The van der Waals surface area contributed by atoms with Crippen LogP contribution < -0.4 is 9.80 Å². The van der Waals surface area contributed by atoms with Gasteiger partial charge in [0.25, 0.3) is 0 Å². The van der Waals surface area contributed by atoms with E-state index < -0.39 is 28.7 Å². The van der Waals surface area contributed by atoms with Gasteiger partial charge >= 0.3 is 11.9 Å². The van der Waals surface area contributed by atoms with Crippen LogP contribution in [0.3, 0.4) is 0 Å². The van der Waals surface area contributed by atoms with Crippen molar-refractivity contribution < 1.29 is 19.4 Å². The van der Waals surface area contributed by atoms with Gasteiger partial charge in [0.05, 0.1) is 17.9 Å². The second-order valence-electron chi connectivity index (χ2n) is 15.0. The van der Waals surface area contributed by atoms with E-state index in [1.54, 1.807) is 20.8 Å². The molecule has 0 aliphatic carbocycles. The number of carboxylic acids is 1. The molecule has 0 fully saturated rings. The number of rotatable bonds is 13. The molecule has 0 aliphatic heterocycles. The number of ether oxygens (including phenoxy) is 1. The van der Waals surface area contributed by atoms with Crippen molar-refractivity contribution in [1.82, 2.24) is 0 Å². The zero-order chi connectivity index (χ0) is 39.3. The lowest BCUT2D eigenvalue weighted by Crippen LogP contribution is -2.51. The highest BCUT2D eigenvalue weighted by molar-refractivity contribution is 5.88. The first kappa shape index (κ1) is 38.6. The Labute approximate surface area is 325 Å². The van der Waals surface area contributed by atoms with Crippen LogP contribution in [0.1, 0.15) is 56.7 Å². The third-order valence-corrected chi connectivity index (χ3v) is 11.2. The molecule has 6 aromatic carbocycles. The number of carbonyl (C=O) groups is 2. The number of carboxylic acid groups (broad SMARTS) is 1. The van der Waals surface area contributed by atoms with E-state index >= 15 is 0 Å². The van der Waals surface area contributed by atoms with Crippen molar-refractivity contribution in [1.29, 1.82) is 0 Å². The molecule has 6 nitrogen and oxygen atoms in total. The van der Waals surface area contributed by atoms with Gasteiger partial charge in [-0.2, -0.15) is 0 Å². The number of anilines is 6. The number of methoxy groups -OCH3 is 1. The minimum absolute atomic E-state index is 0.442. The van der Waals surface area contributed by atoms with Crippen LogP contribution in [-0.4, -0.2) is 24.2 Å². The predicted molar refractivity (Wildman–Crippen MR) is 225 cm³/mol. The zero-order valence-electron chi connectivity index (χ0n) is 32.8. The third-order valence-electron chi connectivity index (χ3n) is 11.2. The molecular weight excluding hydrogens is 681 g/mol. The second kappa shape index (κ2) is 16.1. The summed E-state index contributed by atoms with van der Waals surface area (Å²) in [6, 6.07) is 52.7. The lowest BCUT2D eigenvalue weighted by atomic mass is 9.57. The number of carbonyl (C=O) groups excluding carboxylic acids is 1. The first-order valence-electron chi connectivity index (χ1n) is 18.8. The summed E-state index contributed by atoms with van der Waals surface area (Å²) < 4.78 is 5.08. The zero-order valence-corrected chi connectivity index (χ0v) is 32.8. The summed E-state index contributed by atoms with van der Waals surface area (Å²) in [7, 11) is 1.30. The average molecular weight is 731 g/mol. The summed E-state index contributed by atoms with van der Waals surface area (Å²) in [5.41, 5.74) is 8.94. The summed E-state index contributed by atoms with van der Waals surface area (Å²) in [6.07, 6.45) is 0.531. The van der Waals surface area contributed by atoms with Crippen LogP contribution in [0.4, 0.5) is 34.1 Å². The van der Waals surface area contributed by atoms with Crippen LogP contribution in [0, 0.1) is 24.7 Å². The second-order valence-corrected chi connectivity index (χ2v) is 15.0. The predicted octanol–water partition coefficient (Wildman–Crippen LogP) is 12.7. The van der Waals surface area contributed by atoms with Crippen LogP contribution in [0.25, 0.3) is 11.1 Å². The van der Waals surface area contributed by atoms with Crippen LogP contribution in [0.2, 0.25) is 0 Å². The lowest BCUT2D eigenvalue weighted by Gasteiger charge is -2.44. The van der Waals surface area contributed by atoms with Gasteiger partial charge in [-0.3, -0.25) is 9.59 Å². The SMILES string of the molecule is CCC(c1ccc(N(c2ccc(-c3ccc(N(c4ccccc4)c4cccc(C)c4)cc3)cc2)c2cccc(C)c2)cc1)C(C)(C(=O)O)C(C)(C)C(=O)OC. The Hall–Kier alpha value is -6.14. The number of aryl methyl sites for hydroxylation is 2. The maximum Gasteiger partial charge on any atom is 0.312 e. The van der Waals surface area contributed by atoms with Crippen molar-refractivity contribution in [2.75, 3.05) is 16.9 Å². The minimum Gasteiger partial charge on any atom is -0.481 e. The number of para-hydroxylation sites is 1. The van der Waals surface area contributed by atoms with E-state index in [2.05, 4.69) is 145 Å². The molecule has 0 bridgehead atoms. The Morgan fingerprint density at radius 2 is 0.982 bits per heavy atom. The fourth-order valence-electron chi connectivity index (χ4n) is 7.76. The highest BCUT2D eigenvalue weighted by atomic mass is 16.5. The van der Waals surface area contributed by atoms with E-state index in [1.807, 2.05) is 37.3 Å². The van der Waals surface area contributed by atoms with Gasteiger partial charge in [0.15, 0.2) is 0 Å². The molecule has 0 saturated carbocycles. The number of benzene rings is 6. The molecule has 2 unspecified atom stereocenters. The Balaban J connectivity index is 1.33. The highest BCUT2D eigenvalue weighted by Gasteiger charge is 2.57. The minimum atomic E-state index is -1.42. The number of esters is 1. The largest absolute Gasteiger partial charge is 0.481 e. The highest BCUT2D eigenvalue weighted by Crippen LogP contribution is 2.52. The smallest absolute Gasteiger partial charge is 0.312 e. The average Bonchev–Trinajstić information content (AvgIpc) is 3.19. The maximum absolute atomic E-state index is 12.9. The van der Waals surface area contributed by atoms with E-state index in [1.165, 1.54) is 12.7 Å². The van der Waals surface area contributed by atoms with E-state index in [4.69, 9.17) is 4.74 Å². The Morgan fingerprint density at radius 3 is 1.36 bits per heavy atom. The van der Waals surface area contributed by atoms with Crippen molar-refractivity contribution in [2.24, 2.45) is 10.8 Å². The number of nitrogens with zero attached hydrogens (tertiary/aromatic N) is 2. The maximum atomic E-state index is 12.9. The normalized spacial score (nSPS) is 13.0. The van der Waals surface area contributed by atoms with Crippen LogP contribution >= 0.6 is 0 Å². The molecule has 0 saturated heterocycles. The molecule has 0 radical (unpaired) electrons. The summed E-state index contributed by atoms with van der Waals surface area (Å²) >= 11 is 0. The van der Waals surface area contributed by atoms with E-state index in [-0.39, 0.29) is 0 Å². The Kier molecular flexibility index (Phi) is 11.3. The fraction of sp³-hybridized carbons (Fsp3) is 0.224. The van der Waals surface area contributed by atoms with Crippen molar-refractivity contribution in [3.63, 3.8) is 0 Å². The topological polar surface area (TPSA) is 70.1 Å². The molecule has 1 N–H and O–H groups in total. The third kappa shape index (κ3) is 7.63. The van der Waals surface area contributed by atoms with Crippen LogP contribution in [0.15, 0.2) is 152 Å². The summed E-state index contributed by atoms with van der Waals surface area (Å²) in [4.78, 5) is 30.3. The Bertz CT molecular complexity index is 2250. The first-order chi connectivity index (χ1) is 26.4. The van der Waals surface area contributed by atoms with Gasteiger partial charge in [-0.05, 0) is 142 Å². The van der Waals surface area contributed by atoms with Gasteiger partial charge in [0.2, 0.25) is 0 Å². The van der Waals surface area contributed by atoms with Crippen molar-refractivity contribution in [3.05, 3.63) is 168 Å². The number of aliphatic carboxylic acids is 1. The lowest BCUT2D eigenvalue weighted by molar-refractivity contribution is -0.174. The number of hydrogen-bond donors (Lipinski definition) is 1. The van der Waals surface area contributed by atoms with Crippen molar-refractivity contribution in [3.8, 4) is 11.1 Å². The van der Waals surface area contributed by atoms with Gasteiger partial charge in [-0.25, -0.2) is 0 Å². The molecule has 0 aliphatic rings. The standard InChI is InChI=1S/C49H50N2O4/c1-8-45(49(6,46(52)53)48(4,5)47(54)55-7)38-24-30-42(31-25-38)51(44-19-13-15-35(3)33-44)41-28-22-37(23-29-41)36-20-26-40(27-21-36)50(39-16-10-9-11-17-39)43-18-12-14-34(2)32-43/h9-33,45H,8H2,1-7H3,(H,52,53). The van der Waals surface area contributed by atoms with Gasteiger partial charge in [-0.15, -0.1) is 0 Å². The van der Waals surface area contributed by atoms with Crippen molar-refractivity contribution >= 4 is 46.1 Å². The molecule has 55 heavy (non-hydrogen) atoms. The van der Waals surface area contributed by atoms with Crippen molar-refractivity contribution in [2.45, 2.75) is 53.9 Å². The molecule has 2 atom stereocenters. The van der Waals surface area contributed by atoms with Gasteiger partial charge in [0, 0.05) is 40.0 Å². The Morgan fingerprint density at radius 1 is 0.582 bits per heavy atom. The molecule has 0 heterocycles. The van der Waals surface area contributed by atoms with Gasteiger partial charge in [-0.1, -0.05) is 85.8 Å². The molecule has 0 aromatic heterocycles. The first-order valence-corrected chi connectivity index (χ1v) is 18.8. The molecule has 0 amide bonds. The van der Waals surface area contributed by atoms with Crippen LogP contribution in [0.5, 0.6) is 0 Å². The summed E-state index contributed by atoms with van der Waals surface area (Å²) in [6.45, 7) is 11.1. The van der Waals surface area contributed by atoms with Gasteiger partial charge < -0.3 is 19.6 Å². The summed E-state index contributed by atoms with van der Waals surface area (Å²) in [5, 5.41) is 10.6. The number of hydrogen-bond acceptors (Lipinski definition) is 5. The van der Waals surface area contributed by atoms with E-state index in [0.717, 1.165) is 56.4 Å². The fourth-order valence-corrected chi connectivity index (χ4v) is 7.76. The molecule has 280 valence electrons. The summed E-state index contributed by atoms with van der Waals surface area (Å²) in [5.74, 6) is -2.02. The van der Waals surface area contributed by atoms with E-state index in [9.17, 15) is 14.7 Å².